The van der Waals surface area contributed by atoms with Crippen molar-refractivity contribution in [2.45, 2.75) is 25.7 Å². The third kappa shape index (κ3) is 4.43. The zero-order chi connectivity index (χ0) is 18.6. The van der Waals surface area contributed by atoms with Gasteiger partial charge in [0.25, 0.3) is 5.91 Å². The molecule has 6 nitrogen and oxygen atoms in total. The Balaban J connectivity index is 1.19. The van der Waals surface area contributed by atoms with Crippen molar-refractivity contribution in [2.75, 3.05) is 45.9 Å². The van der Waals surface area contributed by atoms with Crippen LogP contribution in [-0.4, -0.2) is 67.6 Å². The standard InChI is InChI=1S/C21H28N2O4/c24-20-15-23(10-12-27-20)21(25)16-5-7-19(8-6-16)26-11-2-9-22-13-17-3-1-4-18(17)14-22/h5-8,17-18H,1-4,9-15H2. The topological polar surface area (TPSA) is 59.1 Å². The summed E-state index contributed by atoms with van der Waals surface area (Å²) in [6, 6.07) is 7.18. The van der Waals surface area contributed by atoms with Crippen molar-refractivity contribution in [1.29, 1.82) is 0 Å². The number of likely N-dealkylation sites (tertiary alicyclic amines) is 1. The Morgan fingerprint density at radius 2 is 1.89 bits per heavy atom. The lowest BCUT2D eigenvalue weighted by Gasteiger charge is -2.25. The van der Waals surface area contributed by atoms with Gasteiger partial charge in [0.1, 0.15) is 18.9 Å². The second-order valence-corrected chi connectivity index (χ2v) is 7.88. The summed E-state index contributed by atoms with van der Waals surface area (Å²) in [6.45, 7) is 5.07. The van der Waals surface area contributed by atoms with Crippen LogP contribution in [-0.2, 0) is 9.53 Å². The second kappa shape index (κ2) is 8.30. The molecule has 0 N–H and O–H groups in total. The summed E-state index contributed by atoms with van der Waals surface area (Å²) in [5.41, 5.74) is 0.570. The van der Waals surface area contributed by atoms with Crippen LogP contribution < -0.4 is 4.74 Å². The molecule has 3 fully saturated rings. The predicted octanol–water partition coefficient (Wildman–Crippen LogP) is 2.19. The number of fused-ring (bicyclic) bond motifs is 1. The number of ether oxygens (including phenoxy) is 2. The minimum absolute atomic E-state index is 0.0231. The zero-order valence-electron chi connectivity index (χ0n) is 15.8. The number of benzene rings is 1. The van der Waals surface area contributed by atoms with Crippen LogP contribution in [0.1, 0.15) is 36.0 Å². The van der Waals surface area contributed by atoms with Crippen LogP contribution in [0.3, 0.4) is 0 Å². The first-order chi connectivity index (χ1) is 13.2. The van der Waals surface area contributed by atoms with E-state index in [4.69, 9.17) is 9.47 Å². The SMILES string of the molecule is O=C1CN(C(=O)c2ccc(OCCCN3CC4CCCC4C3)cc2)CCO1. The lowest BCUT2D eigenvalue weighted by Crippen LogP contribution is -2.43. The van der Waals surface area contributed by atoms with E-state index in [2.05, 4.69) is 4.90 Å². The minimum atomic E-state index is -0.351. The Morgan fingerprint density at radius 3 is 2.59 bits per heavy atom. The number of nitrogens with zero attached hydrogens (tertiary/aromatic N) is 2. The molecule has 27 heavy (non-hydrogen) atoms. The van der Waals surface area contributed by atoms with Gasteiger partial charge in [0, 0.05) is 25.2 Å². The molecule has 4 rings (SSSR count). The quantitative estimate of drug-likeness (QED) is 0.566. The molecule has 1 saturated carbocycles. The Hall–Kier alpha value is -2.08. The van der Waals surface area contributed by atoms with Crippen LogP contribution in [0.25, 0.3) is 0 Å². The van der Waals surface area contributed by atoms with Crippen LogP contribution in [0.5, 0.6) is 5.75 Å². The van der Waals surface area contributed by atoms with Crippen molar-refractivity contribution in [3.63, 3.8) is 0 Å². The van der Waals surface area contributed by atoms with E-state index >= 15 is 0 Å². The fourth-order valence-electron chi connectivity index (χ4n) is 4.59. The van der Waals surface area contributed by atoms with Crippen LogP contribution in [0.4, 0.5) is 0 Å². The highest BCUT2D eigenvalue weighted by Gasteiger charge is 2.35. The van der Waals surface area contributed by atoms with Crippen LogP contribution in [0, 0.1) is 11.8 Å². The summed E-state index contributed by atoms with van der Waals surface area (Å²) in [7, 11) is 0. The summed E-state index contributed by atoms with van der Waals surface area (Å²) in [6.07, 6.45) is 5.28. The third-order valence-corrected chi connectivity index (χ3v) is 6.02. The van der Waals surface area contributed by atoms with Crippen LogP contribution >= 0.6 is 0 Å². The molecule has 6 heteroatoms. The van der Waals surface area contributed by atoms with Gasteiger partial charge < -0.3 is 19.3 Å². The number of hydrogen-bond acceptors (Lipinski definition) is 5. The first-order valence-corrected chi connectivity index (χ1v) is 10.1. The van der Waals surface area contributed by atoms with Gasteiger partial charge in [-0.25, -0.2) is 0 Å². The third-order valence-electron chi connectivity index (χ3n) is 6.02. The van der Waals surface area contributed by atoms with Gasteiger partial charge in [-0.2, -0.15) is 0 Å². The van der Waals surface area contributed by atoms with E-state index in [0.717, 1.165) is 30.6 Å². The summed E-state index contributed by atoms with van der Waals surface area (Å²) >= 11 is 0. The largest absolute Gasteiger partial charge is 0.494 e. The van der Waals surface area contributed by atoms with Gasteiger partial charge in [-0.05, 0) is 55.4 Å². The number of hydrogen-bond donors (Lipinski definition) is 0. The van der Waals surface area contributed by atoms with Gasteiger partial charge in [-0.3, -0.25) is 9.59 Å². The van der Waals surface area contributed by atoms with E-state index in [1.165, 1.54) is 37.3 Å². The van der Waals surface area contributed by atoms with Gasteiger partial charge in [0.15, 0.2) is 0 Å². The molecule has 0 aromatic heterocycles. The summed E-state index contributed by atoms with van der Waals surface area (Å²) < 4.78 is 10.7. The van der Waals surface area contributed by atoms with E-state index in [1.807, 2.05) is 12.1 Å². The summed E-state index contributed by atoms with van der Waals surface area (Å²) in [5, 5.41) is 0. The molecule has 146 valence electrons. The Bertz CT molecular complexity index is 663. The fourth-order valence-corrected chi connectivity index (χ4v) is 4.59. The summed E-state index contributed by atoms with van der Waals surface area (Å²) in [4.78, 5) is 27.8. The molecule has 1 aromatic rings. The molecule has 2 atom stereocenters. The highest BCUT2D eigenvalue weighted by molar-refractivity contribution is 5.96. The van der Waals surface area contributed by atoms with E-state index < -0.39 is 0 Å². The molecular weight excluding hydrogens is 344 g/mol. The van der Waals surface area contributed by atoms with Crippen molar-refractivity contribution in [3.8, 4) is 5.75 Å². The average Bonchev–Trinajstić information content (AvgIpc) is 3.27. The van der Waals surface area contributed by atoms with Crippen LogP contribution in [0.15, 0.2) is 24.3 Å². The van der Waals surface area contributed by atoms with Crippen molar-refractivity contribution in [1.82, 2.24) is 9.80 Å². The highest BCUT2D eigenvalue weighted by Crippen LogP contribution is 2.37. The number of cyclic esters (lactones) is 1. The smallest absolute Gasteiger partial charge is 0.325 e. The van der Waals surface area contributed by atoms with E-state index in [-0.39, 0.29) is 25.0 Å². The maximum Gasteiger partial charge on any atom is 0.325 e. The van der Waals surface area contributed by atoms with E-state index in [1.54, 1.807) is 12.1 Å². The molecule has 2 saturated heterocycles. The lowest BCUT2D eigenvalue weighted by molar-refractivity contribution is -0.149. The first kappa shape index (κ1) is 18.3. The number of rotatable bonds is 6. The number of esters is 1. The van der Waals surface area contributed by atoms with Gasteiger partial charge in [-0.1, -0.05) is 6.42 Å². The molecule has 0 bridgehead atoms. The van der Waals surface area contributed by atoms with Crippen molar-refractivity contribution in [3.05, 3.63) is 29.8 Å². The Labute approximate surface area is 160 Å². The molecule has 2 aliphatic heterocycles. The highest BCUT2D eigenvalue weighted by atomic mass is 16.5. The number of carbonyl (C=O) groups is 2. The molecule has 2 heterocycles. The molecule has 1 amide bonds. The Kier molecular flexibility index (Phi) is 5.62. The molecule has 0 spiro atoms. The van der Waals surface area contributed by atoms with Gasteiger partial charge in [0.05, 0.1) is 13.2 Å². The predicted molar refractivity (Wildman–Crippen MR) is 101 cm³/mol. The monoisotopic (exact) mass is 372 g/mol. The maximum absolute atomic E-state index is 12.4. The lowest BCUT2D eigenvalue weighted by atomic mass is 10.0. The number of carbonyl (C=O) groups excluding carboxylic acids is 2. The van der Waals surface area contributed by atoms with E-state index in [9.17, 15) is 9.59 Å². The van der Waals surface area contributed by atoms with E-state index in [0.29, 0.717) is 18.7 Å². The number of morpholine rings is 1. The maximum atomic E-state index is 12.4. The molecule has 3 aliphatic rings. The number of amides is 1. The van der Waals surface area contributed by atoms with Gasteiger partial charge in [0.2, 0.25) is 0 Å². The molecule has 2 unspecified atom stereocenters. The fraction of sp³-hybridized carbons (Fsp3) is 0.619. The molecular formula is C21H28N2O4. The second-order valence-electron chi connectivity index (χ2n) is 7.88. The molecule has 0 radical (unpaired) electrons. The van der Waals surface area contributed by atoms with Crippen molar-refractivity contribution in [2.24, 2.45) is 11.8 Å². The average molecular weight is 372 g/mol. The van der Waals surface area contributed by atoms with Crippen LogP contribution in [0.2, 0.25) is 0 Å². The van der Waals surface area contributed by atoms with Crippen molar-refractivity contribution >= 4 is 11.9 Å². The van der Waals surface area contributed by atoms with Gasteiger partial charge >= 0.3 is 5.97 Å². The summed E-state index contributed by atoms with van der Waals surface area (Å²) in [5.74, 6) is 2.17. The van der Waals surface area contributed by atoms with Crippen molar-refractivity contribution < 1.29 is 19.1 Å². The normalized spacial score (nSPS) is 25.3. The zero-order valence-corrected chi connectivity index (χ0v) is 15.8. The minimum Gasteiger partial charge on any atom is -0.494 e. The van der Waals surface area contributed by atoms with Gasteiger partial charge in [-0.15, -0.1) is 0 Å². The molecule has 1 aromatic carbocycles. The molecule has 1 aliphatic carbocycles. The first-order valence-electron chi connectivity index (χ1n) is 10.1. The Morgan fingerprint density at radius 1 is 1.15 bits per heavy atom.